The van der Waals surface area contributed by atoms with Gasteiger partial charge in [-0.05, 0) is 26.8 Å². The van der Waals surface area contributed by atoms with Crippen molar-refractivity contribution in [2.24, 2.45) is 0 Å². The molecule has 1 unspecified atom stereocenters. The van der Waals surface area contributed by atoms with Crippen LogP contribution in [0.2, 0.25) is 0 Å². The summed E-state index contributed by atoms with van der Waals surface area (Å²) >= 11 is 0. The van der Waals surface area contributed by atoms with Gasteiger partial charge >= 0.3 is 6.09 Å². The largest absolute Gasteiger partial charge is 0.467 e. The molecule has 0 spiro atoms. The average Bonchev–Trinajstić information content (AvgIpc) is 2.48. The molecule has 0 saturated carbocycles. The summed E-state index contributed by atoms with van der Waals surface area (Å²) in [5, 5.41) is 2.61. The van der Waals surface area contributed by atoms with Gasteiger partial charge in [0, 0.05) is 26.8 Å². The van der Waals surface area contributed by atoms with Crippen LogP contribution in [0.15, 0.2) is 24.3 Å². The van der Waals surface area contributed by atoms with Crippen LogP contribution in [-0.4, -0.2) is 50.5 Å². The zero-order valence-electron chi connectivity index (χ0n) is 15.1. The molecular weight excluding hydrogens is 312 g/mol. The Hall–Kier alpha value is -2.28. The number of rotatable bonds is 6. The number of ether oxygens (including phenoxy) is 3. The summed E-state index contributed by atoms with van der Waals surface area (Å²) in [6.45, 7) is 5.30. The van der Waals surface area contributed by atoms with Crippen molar-refractivity contribution in [3.63, 3.8) is 0 Å². The minimum absolute atomic E-state index is 0.0341. The van der Waals surface area contributed by atoms with Crippen molar-refractivity contribution in [1.29, 1.82) is 0 Å². The molecule has 0 heterocycles. The number of carbonyl (C=O) groups excluding carboxylic acids is 2. The first-order chi connectivity index (χ1) is 11.2. The molecule has 0 aliphatic rings. The molecule has 7 nitrogen and oxygen atoms in total. The van der Waals surface area contributed by atoms with Gasteiger partial charge in [-0.1, -0.05) is 18.2 Å². The van der Waals surface area contributed by atoms with Gasteiger partial charge in [0.05, 0.1) is 0 Å². The Balaban J connectivity index is 3.11. The predicted octanol–water partition coefficient (Wildman–Crippen LogP) is 2.32. The molecule has 0 aliphatic heterocycles. The third kappa shape index (κ3) is 6.08. The molecule has 0 radical (unpaired) electrons. The SMILES string of the molecule is COCOc1ccccc1C(NC(=O)OC(C)(C)C)C(=O)N(C)C. The molecule has 2 amide bonds. The lowest BCUT2D eigenvalue weighted by atomic mass is 10.0. The summed E-state index contributed by atoms with van der Waals surface area (Å²) in [5.74, 6) is 0.157. The molecule has 0 bridgehead atoms. The molecule has 7 heteroatoms. The Morgan fingerprint density at radius 1 is 1.21 bits per heavy atom. The zero-order valence-corrected chi connectivity index (χ0v) is 15.1. The van der Waals surface area contributed by atoms with Crippen LogP contribution >= 0.6 is 0 Å². The maximum atomic E-state index is 12.5. The first kappa shape index (κ1) is 19.8. The quantitative estimate of drug-likeness (QED) is 0.806. The van der Waals surface area contributed by atoms with Gasteiger partial charge in [0.15, 0.2) is 6.79 Å². The van der Waals surface area contributed by atoms with Crippen LogP contribution in [0.3, 0.4) is 0 Å². The summed E-state index contributed by atoms with van der Waals surface area (Å²) in [7, 11) is 4.74. The number of benzene rings is 1. The molecule has 0 fully saturated rings. The van der Waals surface area contributed by atoms with E-state index >= 15 is 0 Å². The van der Waals surface area contributed by atoms with Gasteiger partial charge in [0.2, 0.25) is 5.91 Å². The Kier molecular flexibility index (Phi) is 7.03. The Morgan fingerprint density at radius 2 is 1.83 bits per heavy atom. The van der Waals surface area contributed by atoms with Crippen molar-refractivity contribution in [2.45, 2.75) is 32.4 Å². The van der Waals surface area contributed by atoms with Crippen molar-refractivity contribution in [3.8, 4) is 5.75 Å². The molecule has 24 heavy (non-hydrogen) atoms. The summed E-state index contributed by atoms with van der Waals surface area (Å²) < 4.78 is 15.7. The lowest BCUT2D eigenvalue weighted by molar-refractivity contribution is -0.131. The van der Waals surface area contributed by atoms with Gasteiger partial charge in [-0.3, -0.25) is 4.79 Å². The van der Waals surface area contributed by atoms with Gasteiger partial charge in [-0.25, -0.2) is 4.79 Å². The van der Waals surface area contributed by atoms with E-state index in [0.717, 1.165) is 0 Å². The summed E-state index contributed by atoms with van der Waals surface area (Å²) in [5.41, 5.74) is -0.138. The first-order valence-corrected chi connectivity index (χ1v) is 7.57. The van der Waals surface area contributed by atoms with Crippen LogP contribution in [0.4, 0.5) is 4.79 Å². The number of amides is 2. The average molecular weight is 338 g/mol. The minimum atomic E-state index is -0.928. The standard InChI is InChI=1S/C17H26N2O5/c1-17(2,3)24-16(21)18-14(15(20)19(4)5)12-9-7-8-10-13(12)23-11-22-6/h7-10,14H,11H2,1-6H3,(H,18,21). The number of likely N-dealkylation sites (N-methyl/N-ethyl adjacent to an activating group) is 1. The van der Waals surface area contributed by atoms with Crippen molar-refractivity contribution >= 4 is 12.0 Å². The molecule has 0 aromatic heterocycles. The van der Waals surface area contributed by atoms with Crippen molar-refractivity contribution in [1.82, 2.24) is 10.2 Å². The van der Waals surface area contributed by atoms with E-state index in [9.17, 15) is 9.59 Å². The molecule has 1 N–H and O–H groups in total. The van der Waals surface area contributed by atoms with Crippen LogP contribution in [-0.2, 0) is 14.3 Å². The fraction of sp³-hybridized carbons (Fsp3) is 0.529. The highest BCUT2D eigenvalue weighted by atomic mass is 16.7. The van der Waals surface area contributed by atoms with E-state index in [1.807, 2.05) is 0 Å². The second-order valence-corrected chi connectivity index (χ2v) is 6.40. The molecule has 134 valence electrons. The van der Waals surface area contributed by atoms with E-state index in [1.54, 1.807) is 59.1 Å². The van der Waals surface area contributed by atoms with E-state index in [1.165, 1.54) is 12.0 Å². The summed E-state index contributed by atoms with van der Waals surface area (Å²) in [6, 6.07) is 6.04. The maximum Gasteiger partial charge on any atom is 0.408 e. The Bertz CT molecular complexity index is 566. The molecule has 0 saturated heterocycles. The lowest BCUT2D eigenvalue weighted by Crippen LogP contribution is -2.42. The van der Waals surface area contributed by atoms with Gasteiger partial charge in [-0.15, -0.1) is 0 Å². The molecule has 1 aromatic carbocycles. The minimum Gasteiger partial charge on any atom is -0.467 e. The summed E-state index contributed by atoms with van der Waals surface area (Å²) in [4.78, 5) is 26.1. The smallest absolute Gasteiger partial charge is 0.408 e. The maximum absolute atomic E-state index is 12.5. The van der Waals surface area contributed by atoms with Crippen molar-refractivity contribution in [2.75, 3.05) is 28.0 Å². The fourth-order valence-electron chi connectivity index (χ4n) is 1.93. The topological polar surface area (TPSA) is 77.1 Å². The van der Waals surface area contributed by atoms with E-state index in [-0.39, 0.29) is 12.7 Å². The van der Waals surface area contributed by atoms with E-state index in [2.05, 4.69) is 5.32 Å². The first-order valence-electron chi connectivity index (χ1n) is 7.57. The van der Waals surface area contributed by atoms with Crippen LogP contribution < -0.4 is 10.1 Å². The van der Waals surface area contributed by atoms with Gasteiger partial charge in [-0.2, -0.15) is 0 Å². The molecule has 1 atom stereocenters. The number of carbonyl (C=O) groups is 2. The van der Waals surface area contributed by atoms with Crippen LogP contribution in [0.1, 0.15) is 32.4 Å². The van der Waals surface area contributed by atoms with Gasteiger partial charge in [0.1, 0.15) is 17.4 Å². The van der Waals surface area contributed by atoms with Crippen molar-refractivity contribution < 1.29 is 23.8 Å². The third-order valence-electron chi connectivity index (χ3n) is 2.91. The second-order valence-electron chi connectivity index (χ2n) is 6.40. The Labute approximate surface area is 142 Å². The van der Waals surface area contributed by atoms with Crippen LogP contribution in [0, 0.1) is 0 Å². The zero-order chi connectivity index (χ0) is 18.3. The second kappa shape index (κ2) is 8.54. The predicted molar refractivity (Wildman–Crippen MR) is 89.8 cm³/mol. The molecular formula is C17H26N2O5. The third-order valence-corrected chi connectivity index (χ3v) is 2.91. The van der Waals surface area contributed by atoms with Crippen LogP contribution in [0.25, 0.3) is 0 Å². The monoisotopic (exact) mass is 338 g/mol. The van der Waals surface area contributed by atoms with E-state index in [4.69, 9.17) is 14.2 Å². The van der Waals surface area contributed by atoms with E-state index < -0.39 is 17.7 Å². The molecule has 0 aliphatic carbocycles. The normalized spacial score (nSPS) is 12.2. The highest BCUT2D eigenvalue weighted by Crippen LogP contribution is 2.26. The van der Waals surface area contributed by atoms with E-state index in [0.29, 0.717) is 11.3 Å². The number of hydrogen-bond acceptors (Lipinski definition) is 5. The number of nitrogens with one attached hydrogen (secondary N) is 1. The number of para-hydroxylation sites is 1. The fourth-order valence-corrected chi connectivity index (χ4v) is 1.93. The van der Waals surface area contributed by atoms with Crippen molar-refractivity contribution in [3.05, 3.63) is 29.8 Å². The number of hydrogen-bond donors (Lipinski definition) is 1. The number of methoxy groups -OCH3 is 1. The number of nitrogens with zero attached hydrogens (tertiary/aromatic N) is 1. The highest BCUT2D eigenvalue weighted by molar-refractivity contribution is 5.87. The highest BCUT2D eigenvalue weighted by Gasteiger charge is 2.29. The summed E-state index contributed by atoms with van der Waals surface area (Å²) in [6.07, 6.45) is -0.677. The number of alkyl carbamates (subject to hydrolysis) is 1. The Morgan fingerprint density at radius 3 is 2.38 bits per heavy atom. The van der Waals surface area contributed by atoms with Crippen LogP contribution in [0.5, 0.6) is 5.75 Å². The molecule has 1 aromatic rings. The lowest BCUT2D eigenvalue weighted by Gasteiger charge is -2.26. The van der Waals surface area contributed by atoms with Gasteiger partial charge < -0.3 is 24.4 Å². The molecule has 1 rings (SSSR count). The van der Waals surface area contributed by atoms with Gasteiger partial charge in [0.25, 0.3) is 0 Å².